The van der Waals surface area contributed by atoms with E-state index in [9.17, 15) is 9.59 Å². The van der Waals surface area contributed by atoms with Crippen LogP contribution in [0.3, 0.4) is 0 Å². The maximum absolute atomic E-state index is 12.3. The first-order valence-electron chi connectivity index (χ1n) is 9.12. The van der Waals surface area contributed by atoms with Gasteiger partial charge in [-0.2, -0.15) is 0 Å². The number of nitrogens with zero attached hydrogens (tertiary/aromatic N) is 4. The minimum Gasteiger partial charge on any atom is -0.476 e. The zero-order valence-electron chi connectivity index (χ0n) is 15.1. The molecule has 0 aromatic carbocycles. The van der Waals surface area contributed by atoms with Crippen molar-refractivity contribution in [2.45, 2.75) is 30.1 Å². The van der Waals surface area contributed by atoms with Crippen LogP contribution in [0.4, 0.5) is 0 Å². The summed E-state index contributed by atoms with van der Waals surface area (Å²) in [6.07, 6.45) is 1.59. The fraction of sp³-hybridized carbons (Fsp3) is 0.706. The van der Waals surface area contributed by atoms with Crippen molar-refractivity contribution in [3.8, 4) is 0 Å². The van der Waals surface area contributed by atoms with Gasteiger partial charge in [-0.3, -0.25) is 9.69 Å². The number of thiazole rings is 1. The summed E-state index contributed by atoms with van der Waals surface area (Å²) < 4.78 is 0.751. The van der Waals surface area contributed by atoms with Gasteiger partial charge in [0.05, 0.1) is 0 Å². The molecular formula is C17H26N4O3S2. The molecule has 1 atom stereocenters. The van der Waals surface area contributed by atoms with Crippen molar-refractivity contribution in [3.05, 3.63) is 11.1 Å². The standard InChI is InChI=1S/C17H26N4O3S2/c1-2-19-5-7-20(8-6-19)11-13-3-4-15(22)21(13)9-10-25-17-18-14(12-26-17)16(23)24/h12-13H,2-11H2,1H3,(H,23,24). The Morgan fingerprint density at radius 3 is 2.73 bits per heavy atom. The van der Waals surface area contributed by atoms with Crippen LogP contribution >= 0.6 is 23.1 Å². The summed E-state index contributed by atoms with van der Waals surface area (Å²) in [4.78, 5) is 34.2. The van der Waals surface area contributed by atoms with E-state index in [1.807, 2.05) is 4.90 Å². The molecule has 0 bridgehead atoms. The first kappa shape index (κ1) is 19.6. The molecule has 2 saturated heterocycles. The van der Waals surface area contributed by atoms with E-state index in [-0.39, 0.29) is 11.6 Å². The van der Waals surface area contributed by atoms with Crippen molar-refractivity contribution in [2.75, 3.05) is 51.6 Å². The van der Waals surface area contributed by atoms with E-state index in [0.717, 1.165) is 55.8 Å². The molecule has 1 aromatic rings. The first-order valence-corrected chi connectivity index (χ1v) is 11.0. The third-order valence-corrected chi connectivity index (χ3v) is 7.09. The third-order valence-electron chi connectivity index (χ3n) is 5.09. The first-order chi connectivity index (χ1) is 12.6. The van der Waals surface area contributed by atoms with E-state index >= 15 is 0 Å². The Morgan fingerprint density at radius 2 is 2.08 bits per heavy atom. The Kier molecular flexibility index (Phi) is 6.91. The molecule has 26 heavy (non-hydrogen) atoms. The number of aromatic nitrogens is 1. The second-order valence-electron chi connectivity index (χ2n) is 6.67. The van der Waals surface area contributed by atoms with Crippen LogP contribution in [0.15, 0.2) is 9.72 Å². The Labute approximate surface area is 162 Å². The molecule has 1 unspecified atom stereocenters. The highest BCUT2D eigenvalue weighted by Crippen LogP contribution is 2.25. The van der Waals surface area contributed by atoms with E-state index in [2.05, 4.69) is 21.7 Å². The van der Waals surface area contributed by atoms with Gasteiger partial charge < -0.3 is 14.9 Å². The lowest BCUT2D eigenvalue weighted by Crippen LogP contribution is -2.50. The molecule has 2 aliphatic rings. The van der Waals surface area contributed by atoms with Crippen LogP contribution in [0.25, 0.3) is 0 Å². The summed E-state index contributed by atoms with van der Waals surface area (Å²) in [6, 6.07) is 0.308. The van der Waals surface area contributed by atoms with E-state index in [4.69, 9.17) is 5.11 Å². The summed E-state index contributed by atoms with van der Waals surface area (Å²) >= 11 is 2.88. The van der Waals surface area contributed by atoms with Gasteiger partial charge in [-0.15, -0.1) is 11.3 Å². The average molecular weight is 399 g/mol. The predicted octanol–water partition coefficient (Wildman–Crippen LogP) is 1.56. The monoisotopic (exact) mass is 398 g/mol. The van der Waals surface area contributed by atoms with Crippen LogP contribution < -0.4 is 0 Å². The number of piperazine rings is 1. The summed E-state index contributed by atoms with van der Waals surface area (Å²) in [6.45, 7) is 9.37. The van der Waals surface area contributed by atoms with Gasteiger partial charge in [0.2, 0.25) is 5.91 Å². The van der Waals surface area contributed by atoms with E-state index in [1.165, 1.54) is 23.1 Å². The van der Waals surface area contributed by atoms with E-state index in [1.54, 1.807) is 5.38 Å². The number of carbonyl (C=O) groups is 2. The van der Waals surface area contributed by atoms with Crippen molar-refractivity contribution in [3.63, 3.8) is 0 Å². The molecular weight excluding hydrogens is 372 g/mol. The highest BCUT2D eigenvalue weighted by molar-refractivity contribution is 8.01. The zero-order chi connectivity index (χ0) is 18.5. The van der Waals surface area contributed by atoms with Crippen LogP contribution in [-0.2, 0) is 4.79 Å². The molecule has 0 spiro atoms. The fourth-order valence-electron chi connectivity index (χ4n) is 3.53. The van der Waals surface area contributed by atoms with Crippen molar-refractivity contribution in [1.29, 1.82) is 0 Å². The molecule has 2 aliphatic heterocycles. The van der Waals surface area contributed by atoms with Gasteiger partial charge in [-0.1, -0.05) is 18.7 Å². The minimum absolute atomic E-state index is 0.0962. The maximum atomic E-state index is 12.3. The van der Waals surface area contributed by atoms with Crippen LogP contribution in [-0.4, -0.2) is 94.3 Å². The van der Waals surface area contributed by atoms with Gasteiger partial charge in [0.15, 0.2) is 10.0 Å². The number of likely N-dealkylation sites (N-methyl/N-ethyl adjacent to an activating group) is 1. The molecule has 0 aliphatic carbocycles. The van der Waals surface area contributed by atoms with E-state index in [0.29, 0.717) is 19.0 Å². The normalized spacial score (nSPS) is 22.3. The number of aromatic carboxylic acids is 1. The zero-order valence-corrected chi connectivity index (χ0v) is 16.7. The molecule has 3 rings (SSSR count). The summed E-state index contributed by atoms with van der Waals surface area (Å²) in [5, 5.41) is 10.5. The molecule has 9 heteroatoms. The van der Waals surface area contributed by atoms with Crippen molar-refractivity contribution in [2.24, 2.45) is 0 Å². The number of amides is 1. The topological polar surface area (TPSA) is 77.0 Å². The van der Waals surface area contributed by atoms with Crippen molar-refractivity contribution >= 4 is 35.0 Å². The van der Waals surface area contributed by atoms with Crippen molar-refractivity contribution < 1.29 is 14.7 Å². The smallest absolute Gasteiger partial charge is 0.355 e. The van der Waals surface area contributed by atoms with Crippen LogP contribution in [0.1, 0.15) is 30.3 Å². The van der Waals surface area contributed by atoms with Gasteiger partial charge in [0.25, 0.3) is 0 Å². The Bertz CT molecular complexity index is 631. The lowest BCUT2D eigenvalue weighted by Gasteiger charge is -2.37. The maximum Gasteiger partial charge on any atom is 0.355 e. The molecule has 0 saturated carbocycles. The van der Waals surface area contributed by atoms with Gasteiger partial charge in [0.1, 0.15) is 0 Å². The molecule has 1 aromatic heterocycles. The summed E-state index contributed by atoms with van der Waals surface area (Å²) in [5.41, 5.74) is 0.0962. The number of rotatable bonds is 8. The Morgan fingerprint density at radius 1 is 1.35 bits per heavy atom. The predicted molar refractivity (Wildman–Crippen MR) is 103 cm³/mol. The number of thioether (sulfide) groups is 1. The van der Waals surface area contributed by atoms with Gasteiger partial charge >= 0.3 is 5.97 Å². The SMILES string of the molecule is CCN1CCN(CC2CCC(=O)N2CCSc2nc(C(=O)O)cs2)CC1. The molecule has 3 heterocycles. The lowest BCUT2D eigenvalue weighted by atomic mass is 10.2. The van der Waals surface area contributed by atoms with Gasteiger partial charge in [-0.05, 0) is 13.0 Å². The molecule has 7 nitrogen and oxygen atoms in total. The summed E-state index contributed by atoms with van der Waals surface area (Å²) in [5.74, 6) is -0.00229. The number of carboxylic acid groups (broad SMARTS) is 1. The number of carbonyl (C=O) groups excluding carboxylic acids is 1. The van der Waals surface area contributed by atoms with Crippen LogP contribution in [0, 0.1) is 0 Å². The second kappa shape index (κ2) is 9.16. The van der Waals surface area contributed by atoms with Crippen LogP contribution in [0.2, 0.25) is 0 Å². The Balaban J connectivity index is 1.46. The Hall–Kier alpha value is -1.16. The van der Waals surface area contributed by atoms with Gasteiger partial charge in [-0.25, -0.2) is 9.78 Å². The summed E-state index contributed by atoms with van der Waals surface area (Å²) in [7, 11) is 0. The molecule has 1 N–H and O–H groups in total. The fourth-order valence-corrected chi connectivity index (χ4v) is 5.34. The second-order valence-corrected chi connectivity index (χ2v) is 8.87. The third kappa shape index (κ3) is 4.97. The molecule has 0 radical (unpaired) electrons. The van der Waals surface area contributed by atoms with E-state index < -0.39 is 5.97 Å². The number of carboxylic acids is 1. The highest BCUT2D eigenvalue weighted by Gasteiger charge is 2.32. The highest BCUT2D eigenvalue weighted by atomic mass is 32.2. The molecule has 144 valence electrons. The number of hydrogen-bond acceptors (Lipinski definition) is 7. The number of hydrogen-bond donors (Lipinski definition) is 1. The largest absolute Gasteiger partial charge is 0.476 e. The van der Waals surface area contributed by atoms with Gasteiger partial charge in [0, 0.05) is 62.9 Å². The number of likely N-dealkylation sites (tertiary alicyclic amines) is 1. The lowest BCUT2D eigenvalue weighted by molar-refractivity contribution is -0.128. The molecule has 1 amide bonds. The quantitative estimate of drug-likeness (QED) is 0.666. The van der Waals surface area contributed by atoms with Crippen LogP contribution in [0.5, 0.6) is 0 Å². The average Bonchev–Trinajstić information content (AvgIpc) is 3.24. The molecule has 2 fully saturated rings. The van der Waals surface area contributed by atoms with Crippen molar-refractivity contribution in [1.82, 2.24) is 19.7 Å². The minimum atomic E-state index is -0.994.